The van der Waals surface area contributed by atoms with Crippen LogP contribution in [0.2, 0.25) is 0 Å². The number of unbranched alkanes of at least 4 members (excludes halogenated alkanes) is 41. The normalized spacial score (nSPS) is 14.0. The van der Waals surface area contributed by atoms with Crippen LogP contribution in [0.15, 0.2) is 24.3 Å². The summed E-state index contributed by atoms with van der Waals surface area (Å²) >= 11 is 0. The van der Waals surface area contributed by atoms with Gasteiger partial charge in [-0.1, -0.05) is 276 Å². The minimum absolute atomic E-state index is 0.0634. The van der Waals surface area contributed by atoms with E-state index in [2.05, 4.69) is 31.3 Å². The number of carbonyl (C=O) groups excluding carboxylic acids is 1. The molecule has 0 spiro atoms. The van der Waals surface area contributed by atoms with Gasteiger partial charge >= 0.3 is 7.82 Å². The molecule has 0 aliphatic rings. The van der Waals surface area contributed by atoms with E-state index in [1.807, 2.05) is 27.2 Å². The number of nitrogens with zero attached hydrogens (tertiary/aromatic N) is 1. The highest BCUT2D eigenvalue weighted by Crippen LogP contribution is 2.43. The molecular formula is C60H120N2O6P+. The van der Waals surface area contributed by atoms with E-state index in [1.54, 1.807) is 6.08 Å². The van der Waals surface area contributed by atoms with Gasteiger partial charge in [-0.25, -0.2) is 4.57 Å². The first kappa shape index (κ1) is 68.0. The maximum atomic E-state index is 13.0. The van der Waals surface area contributed by atoms with Crippen LogP contribution in [0.3, 0.4) is 0 Å². The molecule has 0 heterocycles. The van der Waals surface area contributed by atoms with Crippen molar-refractivity contribution in [1.82, 2.24) is 5.32 Å². The second-order valence-corrected chi connectivity index (χ2v) is 23.5. The molecule has 0 bridgehead atoms. The third kappa shape index (κ3) is 54.6. The zero-order valence-corrected chi connectivity index (χ0v) is 47.7. The lowest BCUT2D eigenvalue weighted by Crippen LogP contribution is -2.45. The lowest BCUT2D eigenvalue weighted by molar-refractivity contribution is -0.870. The number of nitrogens with one attached hydrogen (secondary N) is 1. The standard InChI is InChI=1S/C60H119N2O6P/c1-6-8-10-12-14-16-18-20-22-24-26-27-28-29-30-31-32-33-34-36-38-40-42-44-46-48-50-52-54-60(64)61-58(57-68-69(65,66)67-56-55-62(3,4)5)59(63)53-51-49-47-45-43-41-39-37-35-25-23-21-19-17-15-13-11-9-7-2/h29-30,51,53,58-59,63H,6-28,31-50,52,54-57H2,1-5H3,(H-,61,64,65,66)/p+1/b30-29-,53-51+. The molecule has 1 amide bonds. The van der Waals surface area contributed by atoms with Crippen molar-refractivity contribution < 1.29 is 32.9 Å². The van der Waals surface area contributed by atoms with E-state index < -0.39 is 20.0 Å². The third-order valence-electron chi connectivity index (χ3n) is 13.9. The number of likely N-dealkylation sites (N-methyl/N-ethyl adjacent to an activating group) is 1. The highest BCUT2D eigenvalue weighted by molar-refractivity contribution is 7.47. The van der Waals surface area contributed by atoms with Crippen molar-refractivity contribution in [3.8, 4) is 0 Å². The Kier molecular flexibility index (Phi) is 51.1. The van der Waals surface area contributed by atoms with E-state index in [9.17, 15) is 19.4 Å². The first-order chi connectivity index (χ1) is 33.5. The van der Waals surface area contributed by atoms with Crippen LogP contribution in [0.5, 0.6) is 0 Å². The number of hydrogen-bond acceptors (Lipinski definition) is 5. The maximum absolute atomic E-state index is 13.0. The number of rotatable bonds is 56. The van der Waals surface area contributed by atoms with Crippen molar-refractivity contribution in [3.05, 3.63) is 24.3 Å². The molecule has 8 nitrogen and oxygen atoms in total. The van der Waals surface area contributed by atoms with E-state index in [0.717, 1.165) is 38.5 Å². The van der Waals surface area contributed by atoms with Crippen LogP contribution in [0.4, 0.5) is 0 Å². The summed E-state index contributed by atoms with van der Waals surface area (Å²) in [7, 11) is 1.58. The Bertz CT molecular complexity index is 1170. The van der Waals surface area contributed by atoms with Crippen molar-refractivity contribution >= 4 is 13.7 Å². The zero-order valence-electron chi connectivity index (χ0n) is 46.8. The first-order valence-corrected chi connectivity index (χ1v) is 31.7. The Balaban J connectivity index is 4.13. The molecule has 0 aromatic rings. The number of amides is 1. The van der Waals surface area contributed by atoms with E-state index >= 15 is 0 Å². The van der Waals surface area contributed by atoms with Crippen molar-refractivity contribution in [2.45, 2.75) is 315 Å². The fourth-order valence-corrected chi connectivity index (χ4v) is 9.89. The number of carbonyl (C=O) groups is 1. The largest absolute Gasteiger partial charge is 0.472 e. The molecule has 0 aliphatic heterocycles. The fraction of sp³-hybridized carbons (Fsp3) is 0.917. The predicted octanol–water partition coefficient (Wildman–Crippen LogP) is 18.4. The molecule has 0 aromatic carbocycles. The van der Waals surface area contributed by atoms with Gasteiger partial charge in [-0.3, -0.25) is 13.8 Å². The van der Waals surface area contributed by atoms with Crippen LogP contribution in [-0.4, -0.2) is 73.4 Å². The lowest BCUT2D eigenvalue weighted by atomic mass is 10.0. The highest BCUT2D eigenvalue weighted by Gasteiger charge is 2.27. The molecule has 3 N–H and O–H groups in total. The summed E-state index contributed by atoms with van der Waals surface area (Å²) in [6, 6.07) is -0.845. The quantitative estimate of drug-likeness (QED) is 0.0243. The molecule has 0 rings (SSSR count). The second kappa shape index (κ2) is 51.9. The van der Waals surface area contributed by atoms with Gasteiger partial charge in [0, 0.05) is 6.42 Å². The van der Waals surface area contributed by atoms with Gasteiger partial charge < -0.3 is 19.8 Å². The summed E-state index contributed by atoms with van der Waals surface area (Å²) in [4.78, 5) is 23.3. The Morgan fingerprint density at radius 2 is 0.783 bits per heavy atom. The van der Waals surface area contributed by atoms with Crippen LogP contribution in [0.1, 0.15) is 303 Å². The van der Waals surface area contributed by atoms with Crippen LogP contribution in [-0.2, 0) is 18.4 Å². The van der Waals surface area contributed by atoms with Crippen molar-refractivity contribution in [1.29, 1.82) is 0 Å². The van der Waals surface area contributed by atoms with Crippen molar-refractivity contribution in [2.75, 3.05) is 40.9 Å². The van der Waals surface area contributed by atoms with Gasteiger partial charge in [0.05, 0.1) is 39.9 Å². The molecule has 0 saturated carbocycles. The summed E-state index contributed by atoms with van der Waals surface area (Å²) in [5.41, 5.74) is 0. The number of phosphoric acid groups is 1. The number of aliphatic hydroxyl groups is 1. The number of quaternary nitrogens is 1. The van der Waals surface area contributed by atoms with E-state index in [1.165, 1.54) is 244 Å². The molecule has 69 heavy (non-hydrogen) atoms. The Morgan fingerprint density at radius 1 is 0.478 bits per heavy atom. The van der Waals surface area contributed by atoms with E-state index in [-0.39, 0.29) is 19.1 Å². The zero-order chi connectivity index (χ0) is 50.6. The molecule has 410 valence electrons. The van der Waals surface area contributed by atoms with Gasteiger partial charge in [0.15, 0.2) is 0 Å². The maximum Gasteiger partial charge on any atom is 0.472 e. The Morgan fingerprint density at radius 3 is 1.12 bits per heavy atom. The number of allylic oxidation sites excluding steroid dienone is 3. The molecule has 3 unspecified atom stereocenters. The topological polar surface area (TPSA) is 105 Å². The fourth-order valence-electron chi connectivity index (χ4n) is 9.16. The molecule has 9 heteroatoms. The van der Waals surface area contributed by atoms with Crippen LogP contribution in [0, 0.1) is 0 Å². The van der Waals surface area contributed by atoms with Crippen LogP contribution in [0.25, 0.3) is 0 Å². The molecule has 0 saturated heterocycles. The minimum atomic E-state index is -4.35. The monoisotopic (exact) mass is 996 g/mol. The van der Waals surface area contributed by atoms with Crippen molar-refractivity contribution in [3.63, 3.8) is 0 Å². The van der Waals surface area contributed by atoms with Gasteiger partial charge in [0.2, 0.25) is 5.91 Å². The third-order valence-corrected chi connectivity index (χ3v) is 14.9. The lowest BCUT2D eigenvalue weighted by Gasteiger charge is -2.25. The van der Waals surface area contributed by atoms with Gasteiger partial charge in [0.25, 0.3) is 0 Å². The summed E-state index contributed by atoms with van der Waals surface area (Å²) in [5.74, 6) is -0.172. The van der Waals surface area contributed by atoms with E-state index in [4.69, 9.17) is 9.05 Å². The van der Waals surface area contributed by atoms with Crippen LogP contribution < -0.4 is 5.32 Å². The molecule has 0 aromatic heterocycles. The van der Waals surface area contributed by atoms with Gasteiger partial charge in [0.1, 0.15) is 13.2 Å². The minimum Gasteiger partial charge on any atom is -0.387 e. The molecule has 0 aliphatic carbocycles. The van der Waals surface area contributed by atoms with Gasteiger partial charge in [-0.05, 0) is 44.9 Å². The van der Waals surface area contributed by atoms with Crippen LogP contribution >= 0.6 is 7.82 Å². The SMILES string of the molecule is CCCCCCCCCCCCCC/C=C\CCCCCCCCCCCCCCC(=O)NC(COP(=O)(O)OCC[N+](C)(C)C)C(O)/C=C/CCCCCCCCCCCCCCCCCCC. The molecule has 3 atom stereocenters. The second-order valence-electron chi connectivity index (χ2n) is 22.1. The molecule has 0 radical (unpaired) electrons. The number of hydrogen-bond donors (Lipinski definition) is 3. The number of aliphatic hydroxyl groups excluding tert-OH is 1. The average molecular weight is 997 g/mol. The van der Waals surface area contributed by atoms with E-state index in [0.29, 0.717) is 17.4 Å². The Hall–Kier alpha value is -1.02. The summed E-state index contributed by atoms with van der Waals surface area (Å²) in [6.07, 6.45) is 65.7. The van der Waals surface area contributed by atoms with Crippen molar-refractivity contribution in [2.24, 2.45) is 0 Å². The Labute approximate surface area is 430 Å². The number of phosphoric ester groups is 1. The highest BCUT2D eigenvalue weighted by atomic mass is 31.2. The summed E-state index contributed by atoms with van der Waals surface area (Å²) < 4.78 is 23.7. The smallest absolute Gasteiger partial charge is 0.387 e. The average Bonchev–Trinajstić information content (AvgIpc) is 3.31. The molecule has 0 fully saturated rings. The summed E-state index contributed by atoms with van der Waals surface area (Å²) in [6.45, 7) is 4.86. The first-order valence-electron chi connectivity index (χ1n) is 30.2. The molecular weight excluding hydrogens is 876 g/mol. The van der Waals surface area contributed by atoms with Gasteiger partial charge in [-0.2, -0.15) is 0 Å². The predicted molar refractivity (Wildman–Crippen MR) is 300 cm³/mol. The van der Waals surface area contributed by atoms with Gasteiger partial charge in [-0.15, -0.1) is 0 Å². The summed E-state index contributed by atoms with van der Waals surface area (Å²) in [5, 5.41) is 14.0.